The summed E-state index contributed by atoms with van der Waals surface area (Å²) in [6.45, 7) is 1.91. The van der Waals surface area contributed by atoms with Crippen molar-refractivity contribution in [3.8, 4) is 11.4 Å². The lowest BCUT2D eigenvalue weighted by Crippen LogP contribution is -2.05. The molecule has 0 saturated carbocycles. The Kier molecular flexibility index (Phi) is 4.33. The first-order chi connectivity index (χ1) is 11.3. The molecule has 3 aromatic rings. The number of aryl methyl sites for hydroxylation is 1. The quantitative estimate of drug-likeness (QED) is 0.669. The van der Waals surface area contributed by atoms with Crippen LogP contribution >= 0.6 is 0 Å². The zero-order chi connectivity index (χ0) is 17.3. The molecule has 8 heteroatoms. The van der Waals surface area contributed by atoms with E-state index in [0.29, 0.717) is 9.79 Å². The predicted molar refractivity (Wildman–Crippen MR) is 79.4 cm³/mol. The van der Waals surface area contributed by atoms with Crippen molar-refractivity contribution in [2.75, 3.05) is 0 Å². The van der Waals surface area contributed by atoms with E-state index in [4.69, 9.17) is 0 Å². The summed E-state index contributed by atoms with van der Waals surface area (Å²) in [6.07, 6.45) is -4.71. The number of nitrogens with zero attached hydrogens (tertiary/aromatic N) is 2. The summed E-state index contributed by atoms with van der Waals surface area (Å²) in [5.74, 6) is -1.65. The molecular formula is C16H10F3N2O2S. The van der Waals surface area contributed by atoms with Gasteiger partial charge < -0.3 is 9.08 Å². The fourth-order valence-electron chi connectivity index (χ4n) is 1.94. The smallest absolute Gasteiger partial charge is 0.471 e. The molecule has 1 heterocycles. The number of alkyl halides is 3. The summed E-state index contributed by atoms with van der Waals surface area (Å²) in [4.78, 5) is 4.20. The second kappa shape index (κ2) is 6.29. The molecule has 0 aliphatic rings. The summed E-state index contributed by atoms with van der Waals surface area (Å²) in [5.41, 5.74) is 1.29. The number of hydrogen-bond donors (Lipinski definition) is 0. The highest BCUT2D eigenvalue weighted by Gasteiger charge is 2.38. The molecule has 24 heavy (non-hydrogen) atoms. The molecule has 1 aromatic heterocycles. The van der Waals surface area contributed by atoms with Crippen LogP contribution in [0.5, 0.6) is 0 Å². The van der Waals surface area contributed by atoms with Crippen LogP contribution in [0.1, 0.15) is 11.5 Å². The molecule has 1 atom stereocenters. The Bertz CT molecular complexity index is 847. The summed E-state index contributed by atoms with van der Waals surface area (Å²) in [5, 5.41) is 3.32. The Hall–Kier alpha value is -2.32. The zero-order valence-electron chi connectivity index (χ0n) is 12.3. The molecule has 0 aliphatic carbocycles. The fraction of sp³-hybridized carbons (Fsp3) is 0.125. The van der Waals surface area contributed by atoms with Crippen LogP contribution in [-0.4, -0.2) is 14.7 Å². The average molecular weight is 351 g/mol. The van der Waals surface area contributed by atoms with Crippen LogP contribution < -0.4 is 0 Å². The minimum atomic E-state index is -4.71. The average Bonchev–Trinajstić information content (AvgIpc) is 3.05. The molecule has 0 amide bonds. The first kappa shape index (κ1) is 16.5. The predicted octanol–water partition coefficient (Wildman–Crippen LogP) is 4.03. The molecule has 0 saturated heterocycles. The largest absolute Gasteiger partial charge is 0.606 e. The summed E-state index contributed by atoms with van der Waals surface area (Å²) in [7, 11) is 0. The Labute approximate surface area is 138 Å². The van der Waals surface area contributed by atoms with Crippen LogP contribution in [0.3, 0.4) is 0 Å². The van der Waals surface area contributed by atoms with Crippen LogP contribution in [-0.2, 0) is 17.4 Å². The van der Waals surface area contributed by atoms with Crippen molar-refractivity contribution in [3.05, 3.63) is 60.0 Å². The van der Waals surface area contributed by atoms with Crippen molar-refractivity contribution < 1.29 is 22.2 Å². The van der Waals surface area contributed by atoms with Crippen molar-refractivity contribution in [3.63, 3.8) is 0 Å². The Morgan fingerprint density at radius 2 is 1.88 bits per heavy atom. The lowest BCUT2D eigenvalue weighted by molar-refractivity contribution is -0.159. The summed E-state index contributed by atoms with van der Waals surface area (Å²) in [6, 6.07) is 14.3. The van der Waals surface area contributed by atoms with Gasteiger partial charge in [0.25, 0.3) is 0 Å². The molecule has 3 rings (SSSR count). The van der Waals surface area contributed by atoms with Gasteiger partial charge in [0.15, 0.2) is 9.79 Å². The number of benzene rings is 2. The minimum Gasteiger partial charge on any atom is -0.606 e. The number of aromatic nitrogens is 2. The molecule has 2 aromatic carbocycles. The zero-order valence-corrected chi connectivity index (χ0v) is 13.1. The number of rotatable bonds is 3. The molecule has 1 unspecified atom stereocenters. The molecule has 0 N–H and O–H groups in total. The van der Waals surface area contributed by atoms with E-state index in [1.807, 2.05) is 19.1 Å². The molecular weight excluding hydrogens is 341 g/mol. The van der Waals surface area contributed by atoms with Gasteiger partial charge in [0.1, 0.15) is 0 Å². The number of halogens is 3. The lowest BCUT2D eigenvalue weighted by Gasteiger charge is -2.10. The van der Waals surface area contributed by atoms with Gasteiger partial charge in [-0.05, 0) is 25.1 Å². The van der Waals surface area contributed by atoms with Crippen molar-refractivity contribution in [1.29, 1.82) is 0 Å². The van der Waals surface area contributed by atoms with Gasteiger partial charge in [-0.3, -0.25) is 0 Å². The standard InChI is InChI=1S/C16H10F3N2O2S/c1-10-5-7-12(8-6-10)24(22)13-4-2-3-11(9-13)14-20-15(23-21-14)16(17,18)19/h2-3,5-9H,1H3. The van der Waals surface area contributed by atoms with Crippen molar-refractivity contribution in [2.45, 2.75) is 22.9 Å². The molecule has 123 valence electrons. The normalized spacial score (nSPS) is 13.0. The van der Waals surface area contributed by atoms with Crippen LogP contribution in [0.4, 0.5) is 13.2 Å². The first-order valence-electron chi connectivity index (χ1n) is 6.76. The summed E-state index contributed by atoms with van der Waals surface area (Å²) >= 11 is -1.51. The van der Waals surface area contributed by atoms with Gasteiger partial charge in [0, 0.05) is 28.9 Å². The van der Waals surface area contributed by atoms with Crippen molar-refractivity contribution in [1.82, 2.24) is 10.1 Å². The Morgan fingerprint density at radius 1 is 1.17 bits per heavy atom. The van der Waals surface area contributed by atoms with Gasteiger partial charge in [-0.25, -0.2) is 0 Å². The van der Waals surface area contributed by atoms with E-state index in [0.717, 1.165) is 5.56 Å². The third kappa shape index (κ3) is 3.44. The van der Waals surface area contributed by atoms with Gasteiger partial charge in [0.05, 0.1) is 0 Å². The highest BCUT2D eigenvalue weighted by Crippen LogP contribution is 2.30. The van der Waals surface area contributed by atoms with Crippen molar-refractivity contribution in [2.24, 2.45) is 0 Å². The van der Waals surface area contributed by atoms with Crippen LogP contribution in [0, 0.1) is 13.0 Å². The van der Waals surface area contributed by atoms with E-state index >= 15 is 0 Å². The van der Waals surface area contributed by atoms with E-state index in [1.54, 1.807) is 12.1 Å². The fourth-order valence-corrected chi connectivity index (χ4v) is 2.98. The maximum absolute atomic E-state index is 12.5. The third-order valence-electron chi connectivity index (χ3n) is 3.14. The van der Waals surface area contributed by atoms with Crippen molar-refractivity contribution >= 4 is 11.2 Å². The van der Waals surface area contributed by atoms with E-state index < -0.39 is 23.2 Å². The maximum Gasteiger partial charge on any atom is 0.471 e. The number of hydrogen-bond acceptors (Lipinski definition) is 4. The second-order valence-electron chi connectivity index (χ2n) is 4.94. The monoisotopic (exact) mass is 351 g/mol. The molecule has 0 bridgehead atoms. The van der Waals surface area contributed by atoms with Gasteiger partial charge in [-0.15, -0.1) is 0 Å². The minimum absolute atomic E-state index is 0.224. The van der Waals surface area contributed by atoms with E-state index in [2.05, 4.69) is 20.7 Å². The summed E-state index contributed by atoms with van der Waals surface area (Å²) < 4.78 is 54.3. The highest BCUT2D eigenvalue weighted by molar-refractivity contribution is 7.91. The van der Waals surface area contributed by atoms with Gasteiger partial charge in [0.2, 0.25) is 5.82 Å². The van der Waals surface area contributed by atoms with Gasteiger partial charge in [-0.1, -0.05) is 28.9 Å². The Morgan fingerprint density at radius 3 is 2.50 bits per heavy atom. The van der Waals surface area contributed by atoms with Crippen LogP contribution in [0.2, 0.25) is 0 Å². The van der Waals surface area contributed by atoms with E-state index in [9.17, 15) is 17.7 Å². The topological polar surface area (TPSA) is 62.0 Å². The Balaban J connectivity index is 1.91. The first-order valence-corrected chi connectivity index (χ1v) is 7.91. The van der Waals surface area contributed by atoms with Crippen LogP contribution in [0.15, 0.2) is 56.8 Å². The highest BCUT2D eigenvalue weighted by atomic mass is 32.2. The molecule has 0 fully saturated rings. The van der Waals surface area contributed by atoms with E-state index in [1.165, 1.54) is 18.2 Å². The molecule has 1 radical (unpaired) electrons. The molecule has 4 nitrogen and oxygen atoms in total. The lowest BCUT2D eigenvalue weighted by atomic mass is 10.2. The molecule has 0 spiro atoms. The third-order valence-corrected chi connectivity index (χ3v) is 4.47. The van der Waals surface area contributed by atoms with Gasteiger partial charge >= 0.3 is 12.1 Å². The van der Waals surface area contributed by atoms with Gasteiger partial charge in [-0.2, -0.15) is 18.2 Å². The molecule has 0 aliphatic heterocycles. The second-order valence-corrected chi connectivity index (χ2v) is 6.39. The van der Waals surface area contributed by atoms with E-state index in [-0.39, 0.29) is 11.4 Å². The van der Waals surface area contributed by atoms with Crippen LogP contribution in [0.25, 0.3) is 11.4 Å². The SMILES string of the molecule is Cc1ccc([S+]([O-])c2[c]ccc(-c3noc(C(F)(F)F)n3)c2)cc1. The maximum atomic E-state index is 12.5.